The Morgan fingerprint density at radius 3 is 2.05 bits per heavy atom. The smallest absolute Gasteiger partial charge is 0.330 e. The van der Waals surface area contributed by atoms with Gasteiger partial charge >= 0.3 is 5.97 Å². The summed E-state index contributed by atoms with van der Waals surface area (Å²) < 4.78 is 0.845. The van der Waals surface area contributed by atoms with Gasteiger partial charge in [-0.1, -0.05) is 33.3 Å². The highest BCUT2D eigenvalue weighted by molar-refractivity contribution is 5.85. The van der Waals surface area contributed by atoms with Gasteiger partial charge in [0, 0.05) is 18.5 Å². The third kappa shape index (κ3) is 17.3. The number of hydrogen-bond acceptors (Lipinski definition) is 3. The predicted octanol–water partition coefficient (Wildman–Crippen LogP) is 3.21. The monoisotopic (exact) mass is 325 g/mol. The van der Waals surface area contributed by atoms with Crippen LogP contribution < -0.4 is 5.48 Å². The number of aliphatic carboxylic acids is 1. The van der Waals surface area contributed by atoms with Gasteiger partial charge in [0.2, 0.25) is 6.23 Å². The molecule has 0 radical (unpaired) electrons. The molecule has 0 heterocycles. The number of hydrogen-bond donors (Lipinski definition) is 2. The lowest BCUT2D eigenvalue weighted by atomic mass is 10.3. The molecule has 0 aromatic rings. The Kier molecular flexibility index (Phi) is 17.3. The summed E-state index contributed by atoms with van der Waals surface area (Å²) in [5, 5.41) is 7.89. The maximum atomic E-state index is 9.60. The van der Waals surface area contributed by atoms with Crippen molar-refractivity contribution < 1.29 is 19.2 Å². The zero-order chi connectivity index (χ0) is 16.2. The Morgan fingerprint density at radius 2 is 1.76 bits per heavy atom. The molecule has 0 aliphatic carbocycles. The zero-order valence-electron chi connectivity index (χ0n) is 14.4. The van der Waals surface area contributed by atoms with Gasteiger partial charge in [-0.2, -0.15) is 5.48 Å². The molecular weight excluding hydrogens is 292 g/mol. The quantitative estimate of drug-likeness (QED) is 0.225. The van der Waals surface area contributed by atoms with Crippen molar-refractivity contribution in [2.45, 2.75) is 52.7 Å². The summed E-state index contributed by atoms with van der Waals surface area (Å²) in [7, 11) is 6.46. The van der Waals surface area contributed by atoms with Crippen molar-refractivity contribution in [2.75, 3.05) is 27.7 Å². The first-order valence-electron chi connectivity index (χ1n) is 7.25. The fourth-order valence-electron chi connectivity index (χ4n) is 1.39. The lowest BCUT2D eigenvalue weighted by molar-refractivity contribution is -0.922. The molecule has 0 saturated carbocycles. The van der Waals surface area contributed by atoms with Gasteiger partial charge in [0.25, 0.3) is 0 Å². The highest BCUT2D eigenvalue weighted by Crippen LogP contribution is 2.07. The molecular formula is C15H34ClN2O3+. The summed E-state index contributed by atoms with van der Waals surface area (Å²) in [6.07, 6.45) is 5.01. The summed E-state index contributed by atoms with van der Waals surface area (Å²) in [5.74, 6) is -0.935. The van der Waals surface area contributed by atoms with E-state index in [9.17, 15) is 4.79 Å². The Hall–Kier alpha value is -0.620. The number of nitrogens with one attached hydrogen (secondary N) is 1. The fraction of sp³-hybridized carbons (Fsp3) is 0.800. The topological polar surface area (TPSA) is 58.6 Å². The molecule has 0 aromatic heterocycles. The molecule has 1 atom stereocenters. The normalized spacial score (nSPS) is 11.7. The van der Waals surface area contributed by atoms with Crippen LogP contribution in [0, 0.1) is 0 Å². The van der Waals surface area contributed by atoms with Gasteiger partial charge in [-0.15, -0.1) is 12.4 Å². The summed E-state index contributed by atoms with van der Waals surface area (Å²) >= 11 is 0. The average Bonchev–Trinajstić information content (AvgIpc) is 2.32. The van der Waals surface area contributed by atoms with E-state index in [1.807, 2.05) is 0 Å². The summed E-state index contributed by atoms with van der Waals surface area (Å²) in [6, 6.07) is 0. The van der Waals surface area contributed by atoms with Crippen LogP contribution in [0.4, 0.5) is 0 Å². The number of carbonyl (C=O) groups is 1. The van der Waals surface area contributed by atoms with Crippen LogP contribution >= 0.6 is 12.4 Å². The van der Waals surface area contributed by atoms with Gasteiger partial charge in [-0.3, -0.25) is 0 Å². The van der Waals surface area contributed by atoms with Crippen LogP contribution in [0.3, 0.4) is 0 Å². The van der Waals surface area contributed by atoms with Crippen molar-refractivity contribution in [3.63, 3.8) is 0 Å². The van der Waals surface area contributed by atoms with Gasteiger partial charge < -0.3 is 9.59 Å². The van der Waals surface area contributed by atoms with Gasteiger partial charge in [-0.05, 0) is 13.3 Å². The third-order valence-electron chi connectivity index (χ3n) is 2.68. The number of unbranched alkanes of at least 4 members (excludes halogenated alkanes) is 2. The lowest BCUT2D eigenvalue weighted by Gasteiger charge is -2.32. The van der Waals surface area contributed by atoms with Crippen molar-refractivity contribution in [1.82, 2.24) is 5.48 Å². The Bertz CT molecular complexity index is 267. The Balaban J connectivity index is -0.000000394. The van der Waals surface area contributed by atoms with Crippen molar-refractivity contribution in [1.29, 1.82) is 0 Å². The molecule has 0 spiro atoms. The number of halogens is 1. The molecule has 1 unspecified atom stereocenters. The molecule has 6 heteroatoms. The predicted molar refractivity (Wildman–Crippen MR) is 90.4 cm³/mol. The van der Waals surface area contributed by atoms with Crippen molar-refractivity contribution in [2.24, 2.45) is 0 Å². The second-order valence-corrected chi connectivity index (χ2v) is 5.78. The zero-order valence-corrected chi connectivity index (χ0v) is 15.3. The minimum atomic E-state index is -0.935. The minimum absolute atomic E-state index is 0. The van der Waals surface area contributed by atoms with E-state index >= 15 is 0 Å². The molecule has 0 bridgehead atoms. The van der Waals surface area contributed by atoms with Crippen molar-refractivity contribution >= 4 is 18.4 Å². The number of rotatable bonds is 9. The summed E-state index contributed by atoms with van der Waals surface area (Å²) in [5.41, 5.74) is 3.24. The molecule has 2 N–H and O–H groups in total. The van der Waals surface area contributed by atoms with E-state index in [-0.39, 0.29) is 24.2 Å². The van der Waals surface area contributed by atoms with Crippen LogP contribution in [-0.4, -0.2) is 49.5 Å². The lowest BCUT2D eigenvalue weighted by Crippen LogP contribution is -2.48. The van der Waals surface area contributed by atoms with E-state index in [1.165, 1.54) is 26.2 Å². The molecule has 0 rings (SSSR count). The first kappa shape index (κ1) is 25.3. The van der Waals surface area contributed by atoms with Gasteiger partial charge in [0.15, 0.2) is 0 Å². The second-order valence-electron chi connectivity index (χ2n) is 5.78. The second kappa shape index (κ2) is 14.3. The van der Waals surface area contributed by atoms with Crippen LogP contribution in [0.5, 0.6) is 0 Å². The summed E-state index contributed by atoms with van der Waals surface area (Å²) in [6.45, 7) is 9.93. The molecule has 0 aliphatic rings. The number of carboxylic acid groups (broad SMARTS) is 1. The molecule has 0 saturated heterocycles. The standard InChI is InChI=1S/C11H27N2O.C4H6O2.ClH/c1-6-8-9-10-12-14-11(7-2)13(3,4)5;1-3(2)4(5)6;/h11-12H,6-10H2,1-5H3;1H2,2H3,(H,5,6);1H/q+1;;. The summed E-state index contributed by atoms with van der Waals surface area (Å²) in [4.78, 5) is 15.2. The number of nitrogens with zero attached hydrogens (tertiary/aromatic N) is 1. The average molecular weight is 326 g/mol. The maximum absolute atomic E-state index is 9.60. The van der Waals surface area contributed by atoms with Crippen molar-refractivity contribution in [3.05, 3.63) is 12.2 Å². The maximum Gasteiger partial charge on any atom is 0.330 e. The Morgan fingerprint density at radius 1 is 1.29 bits per heavy atom. The van der Waals surface area contributed by atoms with Crippen molar-refractivity contribution in [3.8, 4) is 0 Å². The van der Waals surface area contributed by atoms with E-state index < -0.39 is 5.97 Å². The van der Waals surface area contributed by atoms with Crippen LogP contribution in [0.15, 0.2) is 12.2 Å². The molecule has 0 amide bonds. The number of hydroxylamine groups is 1. The first-order chi connectivity index (χ1) is 9.16. The SMILES string of the molecule is C=C(C)C(=O)O.CCCCCNOC(CC)[N+](C)(C)C.Cl. The van der Waals surface area contributed by atoms with E-state index in [2.05, 4.69) is 47.0 Å². The molecule has 0 aromatic carbocycles. The van der Waals surface area contributed by atoms with Gasteiger partial charge in [-0.25, -0.2) is 9.63 Å². The first-order valence-corrected chi connectivity index (χ1v) is 7.25. The molecule has 0 aliphatic heterocycles. The third-order valence-corrected chi connectivity index (χ3v) is 2.68. The van der Waals surface area contributed by atoms with Gasteiger partial charge in [0.05, 0.1) is 21.1 Å². The number of carboxylic acids is 1. The van der Waals surface area contributed by atoms with Gasteiger partial charge in [0.1, 0.15) is 0 Å². The molecule has 5 nitrogen and oxygen atoms in total. The number of quaternary nitrogens is 1. The van der Waals surface area contributed by atoms with E-state index in [1.54, 1.807) is 0 Å². The molecule has 128 valence electrons. The van der Waals surface area contributed by atoms with E-state index in [0.717, 1.165) is 17.4 Å². The van der Waals surface area contributed by atoms with Crippen LogP contribution in [0.25, 0.3) is 0 Å². The van der Waals surface area contributed by atoms with E-state index in [0.29, 0.717) is 0 Å². The Labute approximate surface area is 136 Å². The van der Waals surface area contributed by atoms with Crippen LogP contribution in [0.2, 0.25) is 0 Å². The van der Waals surface area contributed by atoms with E-state index in [4.69, 9.17) is 9.94 Å². The molecule has 0 fully saturated rings. The van der Waals surface area contributed by atoms with Crippen LogP contribution in [0.1, 0.15) is 46.5 Å². The largest absolute Gasteiger partial charge is 0.478 e. The minimum Gasteiger partial charge on any atom is -0.478 e. The highest BCUT2D eigenvalue weighted by Gasteiger charge is 2.22. The molecule has 21 heavy (non-hydrogen) atoms. The van der Waals surface area contributed by atoms with Crippen LogP contribution in [-0.2, 0) is 9.63 Å². The highest BCUT2D eigenvalue weighted by atomic mass is 35.5. The fourth-order valence-corrected chi connectivity index (χ4v) is 1.39.